The van der Waals surface area contributed by atoms with Gasteiger partial charge < -0.3 is 5.73 Å². The van der Waals surface area contributed by atoms with Crippen molar-refractivity contribution in [1.29, 1.82) is 0 Å². The fourth-order valence-electron chi connectivity index (χ4n) is 2.15. The smallest absolute Gasteiger partial charge is 0.0471 e. The Morgan fingerprint density at radius 2 is 2.18 bits per heavy atom. The third kappa shape index (κ3) is 3.90. The van der Waals surface area contributed by atoms with E-state index in [1.165, 1.54) is 31.4 Å². The first-order chi connectivity index (χ1) is 8.19. The Morgan fingerprint density at radius 1 is 1.41 bits per heavy atom. The fraction of sp³-hybridized carbons (Fsp3) is 0.571. The fourth-order valence-corrected chi connectivity index (χ4v) is 2.40. The molecule has 0 radical (unpaired) electrons. The molecule has 94 valence electrons. The monoisotopic (exact) mass is 252 g/mol. The summed E-state index contributed by atoms with van der Waals surface area (Å²) in [6.45, 7) is 5.54. The minimum absolute atomic E-state index is 0.739. The topological polar surface area (TPSA) is 29.3 Å². The maximum Gasteiger partial charge on any atom is 0.0471 e. The van der Waals surface area contributed by atoms with Crippen LogP contribution in [0, 0.1) is 5.92 Å². The summed E-state index contributed by atoms with van der Waals surface area (Å²) in [6.07, 6.45) is 3.99. The first-order valence-corrected chi connectivity index (χ1v) is 6.83. The van der Waals surface area contributed by atoms with Crippen LogP contribution in [0.15, 0.2) is 18.2 Å². The molecule has 1 aromatic rings. The van der Waals surface area contributed by atoms with E-state index in [9.17, 15) is 0 Å². The van der Waals surface area contributed by atoms with Gasteiger partial charge in [0.15, 0.2) is 0 Å². The van der Waals surface area contributed by atoms with E-state index in [0.29, 0.717) is 0 Å². The van der Waals surface area contributed by atoms with E-state index in [-0.39, 0.29) is 0 Å². The highest BCUT2D eigenvalue weighted by Crippen LogP contribution is 2.30. The van der Waals surface area contributed by atoms with Crippen LogP contribution in [0.2, 0.25) is 5.02 Å². The molecule has 0 heterocycles. The number of nitrogen functional groups attached to an aromatic ring is 1. The van der Waals surface area contributed by atoms with Crippen molar-refractivity contribution in [2.75, 3.05) is 18.8 Å². The Hall–Kier alpha value is -0.730. The van der Waals surface area contributed by atoms with Crippen molar-refractivity contribution in [3.05, 3.63) is 28.8 Å². The van der Waals surface area contributed by atoms with E-state index in [1.807, 2.05) is 18.2 Å². The van der Waals surface area contributed by atoms with Gasteiger partial charge in [-0.25, -0.2) is 0 Å². The van der Waals surface area contributed by atoms with E-state index in [2.05, 4.69) is 11.8 Å². The molecular formula is C14H21ClN2. The lowest BCUT2D eigenvalue weighted by molar-refractivity contribution is 0.255. The molecule has 0 spiro atoms. The summed E-state index contributed by atoms with van der Waals surface area (Å²) in [5.74, 6) is 0.925. The van der Waals surface area contributed by atoms with Gasteiger partial charge in [0.05, 0.1) is 0 Å². The van der Waals surface area contributed by atoms with Crippen molar-refractivity contribution < 1.29 is 0 Å². The summed E-state index contributed by atoms with van der Waals surface area (Å²) in [5, 5.41) is 0.793. The van der Waals surface area contributed by atoms with Crippen molar-refractivity contribution in [3.63, 3.8) is 0 Å². The Kier molecular flexibility index (Phi) is 4.30. The van der Waals surface area contributed by atoms with Gasteiger partial charge >= 0.3 is 0 Å². The van der Waals surface area contributed by atoms with Crippen LogP contribution in [-0.4, -0.2) is 18.0 Å². The number of nitrogens with zero attached hydrogens (tertiary/aromatic N) is 1. The molecule has 1 aromatic carbocycles. The number of rotatable bonds is 6. The number of hydrogen-bond acceptors (Lipinski definition) is 2. The van der Waals surface area contributed by atoms with Gasteiger partial charge in [0.2, 0.25) is 0 Å². The molecule has 1 aliphatic rings. The van der Waals surface area contributed by atoms with E-state index in [1.54, 1.807) is 0 Å². The first-order valence-electron chi connectivity index (χ1n) is 6.45. The van der Waals surface area contributed by atoms with Gasteiger partial charge in [-0.3, -0.25) is 4.90 Å². The molecule has 0 atom stereocenters. The Balaban J connectivity index is 1.99. The van der Waals surface area contributed by atoms with Crippen LogP contribution in [-0.2, 0) is 6.54 Å². The van der Waals surface area contributed by atoms with Crippen LogP contribution in [0.1, 0.15) is 31.7 Å². The summed E-state index contributed by atoms with van der Waals surface area (Å²) in [6, 6.07) is 5.83. The molecule has 0 bridgehead atoms. The van der Waals surface area contributed by atoms with Crippen LogP contribution in [0.4, 0.5) is 5.69 Å². The summed E-state index contributed by atoms with van der Waals surface area (Å²) < 4.78 is 0. The first kappa shape index (κ1) is 12.7. The van der Waals surface area contributed by atoms with Gasteiger partial charge in [0, 0.05) is 23.8 Å². The number of nitrogens with two attached hydrogens (primary N) is 1. The number of halogens is 1. The molecule has 1 aliphatic carbocycles. The lowest BCUT2D eigenvalue weighted by Crippen LogP contribution is -2.26. The average molecular weight is 253 g/mol. The highest BCUT2D eigenvalue weighted by Gasteiger charge is 2.24. The van der Waals surface area contributed by atoms with E-state index < -0.39 is 0 Å². The summed E-state index contributed by atoms with van der Waals surface area (Å²) in [4.78, 5) is 2.51. The third-order valence-electron chi connectivity index (χ3n) is 3.22. The predicted molar refractivity (Wildman–Crippen MR) is 74.2 cm³/mol. The molecule has 0 amide bonds. The number of benzene rings is 1. The summed E-state index contributed by atoms with van der Waals surface area (Å²) in [7, 11) is 0. The maximum absolute atomic E-state index is 6.22. The summed E-state index contributed by atoms with van der Waals surface area (Å²) >= 11 is 6.22. The van der Waals surface area contributed by atoms with E-state index >= 15 is 0 Å². The lowest BCUT2D eigenvalue weighted by Gasteiger charge is -2.22. The second-order valence-electron chi connectivity index (χ2n) is 5.03. The number of anilines is 1. The quantitative estimate of drug-likeness (QED) is 0.785. The molecule has 17 heavy (non-hydrogen) atoms. The van der Waals surface area contributed by atoms with Gasteiger partial charge in [0.25, 0.3) is 0 Å². The zero-order valence-electron chi connectivity index (χ0n) is 10.5. The van der Waals surface area contributed by atoms with Gasteiger partial charge in [-0.05, 0) is 49.4 Å². The highest BCUT2D eigenvalue weighted by molar-refractivity contribution is 6.31. The van der Waals surface area contributed by atoms with Crippen molar-refractivity contribution in [1.82, 2.24) is 4.90 Å². The van der Waals surface area contributed by atoms with E-state index in [4.69, 9.17) is 17.3 Å². The lowest BCUT2D eigenvalue weighted by atomic mass is 10.2. The van der Waals surface area contributed by atoms with E-state index in [0.717, 1.165) is 29.7 Å². The second-order valence-corrected chi connectivity index (χ2v) is 5.44. The van der Waals surface area contributed by atoms with Gasteiger partial charge in [-0.1, -0.05) is 24.6 Å². The molecule has 0 aliphatic heterocycles. The molecule has 2 N–H and O–H groups in total. The average Bonchev–Trinajstić information content (AvgIpc) is 3.06. The molecule has 0 aromatic heterocycles. The number of hydrogen-bond donors (Lipinski definition) is 1. The highest BCUT2D eigenvalue weighted by atomic mass is 35.5. The molecule has 1 saturated carbocycles. The molecular weight excluding hydrogens is 232 g/mol. The molecule has 1 fully saturated rings. The molecule has 3 heteroatoms. The van der Waals surface area contributed by atoms with Crippen LogP contribution in [0.3, 0.4) is 0 Å². The van der Waals surface area contributed by atoms with Crippen molar-refractivity contribution in [2.24, 2.45) is 5.92 Å². The van der Waals surface area contributed by atoms with Gasteiger partial charge in [-0.2, -0.15) is 0 Å². The zero-order valence-corrected chi connectivity index (χ0v) is 11.2. The zero-order chi connectivity index (χ0) is 12.3. The Morgan fingerprint density at radius 3 is 2.76 bits per heavy atom. The Bertz CT molecular complexity index is 374. The van der Waals surface area contributed by atoms with Crippen molar-refractivity contribution >= 4 is 17.3 Å². The third-order valence-corrected chi connectivity index (χ3v) is 3.58. The molecule has 2 rings (SSSR count). The minimum atomic E-state index is 0.739. The predicted octanol–water partition coefficient (Wildman–Crippen LogP) is 3.54. The molecule has 0 unspecified atom stereocenters. The van der Waals surface area contributed by atoms with Gasteiger partial charge in [0.1, 0.15) is 0 Å². The van der Waals surface area contributed by atoms with Crippen LogP contribution < -0.4 is 5.73 Å². The Labute approximate surface area is 109 Å². The maximum atomic E-state index is 6.22. The van der Waals surface area contributed by atoms with Crippen LogP contribution in [0.25, 0.3) is 0 Å². The molecule has 0 saturated heterocycles. The largest absolute Gasteiger partial charge is 0.399 e. The normalized spacial score (nSPS) is 15.5. The molecule has 2 nitrogen and oxygen atoms in total. The van der Waals surface area contributed by atoms with Gasteiger partial charge in [-0.15, -0.1) is 0 Å². The van der Waals surface area contributed by atoms with Crippen LogP contribution in [0.5, 0.6) is 0 Å². The van der Waals surface area contributed by atoms with Crippen molar-refractivity contribution in [3.8, 4) is 0 Å². The second kappa shape index (κ2) is 5.74. The minimum Gasteiger partial charge on any atom is -0.399 e. The SMILES string of the molecule is CCCN(Cc1ccc(N)cc1Cl)CC1CC1. The van der Waals surface area contributed by atoms with Crippen molar-refractivity contribution in [2.45, 2.75) is 32.7 Å². The van der Waals surface area contributed by atoms with Crippen LogP contribution >= 0.6 is 11.6 Å². The summed E-state index contributed by atoms with van der Waals surface area (Å²) in [5.41, 5.74) is 7.64. The standard InChI is InChI=1S/C14H21ClN2/c1-2-7-17(9-11-3-4-11)10-12-5-6-13(16)8-14(12)15/h5-6,8,11H,2-4,7,9-10,16H2,1H3.